The SMILES string of the molecule is CS/C(=C/C(=C(C#N)C#N)c1ccccc1)N1CCCC1. The average molecular weight is 295 g/mol. The van der Waals surface area contributed by atoms with E-state index in [1.165, 1.54) is 12.8 Å². The normalized spacial score (nSPS) is 14.4. The smallest absolute Gasteiger partial charge is 0.137 e. The van der Waals surface area contributed by atoms with E-state index in [-0.39, 0.29) is 5.57 Å². The molecule has 0 unspecified atom stereocenters. The average Bonchev–Trinajstić information content (AvgIpc) is 3.06. The Morgan fingerprint density at radius 1 is 1.14 bits per heavy atom. The number of nitrogens with zero attached hydrogens (tertiary/aromatic N) is 3. The van der Waals surface area contributed by atoms with Crippen LogP contribution in [0.2, 0.25) is 0 Å². The lowest BCUT2D eigenvalue weighted by atomic mass is 10.0. The maximum atomic E-state index is 9.23. The van der Waals surface area contributed by atoms with E-state index in [0.717, 1.165) is 23.7 Å². The lowest BCUT2D eigenvalue weighted by Crippen LogP contribution is -2.16. The van der Waals surface area contributed by atoms with Gasteiger partial charge in [-0.25, -0.2) is 0 Å². The second kappa shape index (κ2) is 7.57. The van der Waals surface area contributed by atoms with Crippen molar-refractivity contribution in [3.05, 3.63) is 52.6 Å². The van der Waals surface area contributed by atoms with E-state index in [0.29, 0.717) is 5.57 Å². The van der Waals surface area contributed by atoms with Crippen molar-refractivity contribution >= 4 is 17.3 Å². The van der Waals surface area contributed by atoms with Gasteiger partial charge in [0.15, 0.2) is 0 Å². The van der Waals surface area contributed by atoms with Crippen molar-refractivity contribution < 1.29 is 0 Å². The minimum Gasteiger partial charge on any atom is -0.366 e. The molecule has 21 heavy (non-hydrogen) atoms. The van der Waals surface area contributed by atoms with Crippen molar-refractivity contribution in [2.45, 2.75) is 12.8 Å². The van der Waals surface area contributed by atoms with E-state index in [1.54, 1.807) is 11.8 Å². The minimum absolute atomic E-state index is 0.159. The molecule has 0 spiro atoms. The molecule has 0 saturated carbocycles. The van der Waals surface area contributed by atoms with Gasteiger partial charge >= 0.3 is 0 Å². The molecule has 106 valence electrons. The van der Waals surface area contributed by atoms with Gasteiger partial charge in [0.2, 0.25) is 0 Å². The molecule has 0 radical (unpaired) electrons. The first-order valence-corrected chi connectivity index (χ1v) is 8.13. The highest BCUT2D eigenvalue weighted by atomic mass is 32.2. The van der Waals surface area contributed by atoms with Crippen molar-refractivity contribution in [1.29, 1.82) is 10.5 Å². The molecule has 1 heterocycles. The highest BCUT2D eigenvalue weighted by molar-refractivity contribution is 8.02. The van der Waals surface area contributed by atoms with Crippen LogP contribution in [0, 0.1) is 22.7 Å². The molecule has 3 nitrogen and oxygen atoms in total. The summed E-state index contributed by atoms with van der Waals surface area (Å²) >= 11 is 1.66. The Labute approximate surface area is 130 Å². The molecule has 1 aromatic rings. The summed E-state index contributed by atoms with van der Waals surface area (Å²) in [5, 5.41) is 19.6. The van der Waals surface area contributed by atoms with Gasteiger partial charge in [-0.2, -0.15) is 10.5 Å². The zero-order chi connectivity index (χ0) is 15.1. The number of rotatable bonds is 4. The van der Waals surface area contributed by atoms with E-state index in [2.05, 4.69) is 4.90 Å². The van der Waals surface area contributed by atoms with Gasteiger partial charge in [-0.05, 0) is 30.7 Å². The minimum atomic E-state index is 0.159. The third kappa shape index (κ3) is 3.68. The Bertz CT molecular complexity index is 610. The van der Waals surface area contributed by atoms with Crippen LogP contribution in [0.4, 0.5) is 0 Å². The van der Waals surface area contributed by atoms with Crippen molar-refractivity contribution in [2.75, 3.05) is 19.3 Å². The summed E-state index contributed by atoms with van der Waals surface area (Å²) in [5.74, 6) is 0. The summed E-state index contributed by atoms with van der Waals surface area (Å²) in [4.78, 5) is 2.32. The van der Waals surface area contributed by atoms with Crippen molar-refractivity contribution in [2.24, 2.45) is 0 Å². The topological polar surface area (TPSA) is 50.8 Å². The predicted octanol–water partition coefficient (Wildman–Crippen LogP) is 3.79. The van der Waals surface area contributed by atoms with Gasteiger partial charge < -0.3 is 4.90 Å². The molecule has 0 aromatic heterocycles. The van der Waals surface area contributed by atoms with Crippen LogP contribution < -0.4 is 0 Å². The van der Waals surface area contributed by atoms with Crippen LogP contribution in [0.15, 0.2) is 47.0 Å². The first-order valence-electron chi connectivity index (χ1n) is 6.90. The van der Waals surface area contributed by atoms with E-state index < -0.39 is 0 Å². The van der Waals surface area contributed by atoms with Crippen molar-refractivity contribution in [1.82, 2.24) is 4.90 Å². The van der Waals surface area contributed by atoms with E-state index >= 15 is 0 Å². The predicted molar refractivity (Wildman–Crippen MR) is 87.0 cm³/mol. The van der Waals surface area contributed by atoms with Gasteiger partial charge in [-0.15, -0.1) is 11.8 Å². The number of benzene rings is 1. The first kappa shape index (κ1) is 15.2. The van der Waals surface area contributed by atoms with Crippen LogP contribution in [0.1, 0.15) is 18.4 Å². The number of likely N-dealkylation sites (tertiary alicyclic amines) is 1. The molecule has 0 aliphatic carbocycles. The second-order valence-corrected chi connectivity index (χ2v) is 5.59. The van der Waals surface area contributed by atoms with Crippen LogP contribution in [0.3, 0.4) is 0 Å². The first-order chi connectivity index (χ1) is 10.3. The molecule has 0 bridgehead atoms. The fourth-order valence-corrected chi connectivity index (χ4v) is 3.08. The lowest BCUT2D eigenvalue weighted by molar-refractivity contribution is 0.457. The van der Waals surface area contributed by atoms with E-state index in [9.17, 15) is 10.5 Å². The van der Waals surface area contributed by atoms with Crippen LogP contribution in [-0.2, 0) is 0 Å². The third-order valence-corrected chi connectivity index (χ3v) is 4.27. The molecular weight excluding hydrogens is 278 g/mol. The molecule has 2 rings (SSSR count). The van der Waals surface area contributed by atoms with Gasteiger partial charge in [0.05, 0.1) is 5.03 Å². The molecule has 1 aliphatic rings. The Balaban J connectivity index is 2.49. The second-order valence-electron chi connectivity index (χ2n) is 4.76. The maximum Gasteiger partial charge on any atom is 0.137 e. The summed E-state index contributed by atoms with van der Waals surface area (Å²) in [6.07, 6.45) is 6.41. The molecule has 1 aliphatic heterocycles. The molecular formula is C17H17N3S. The molecule has 0 amide bonds. The largest absolute Gasteiger partial charge is 0.366 e. The third-order valence-electron chi connectivity index (χ3n) is 3.47. The van der Waals surface area contributed by atoms with E-state index in [4.69, 9.17) is 0 Å². The highest BCUT2D eigenvalue weighted by Crippen LogP contribution is 2.28. The molecule has 4 heteroatoms. The van der Waals surface area contributed by atoms with Gasteiger partial charge in [0.25, 0.3) is 0 Å². The number of hydrogen-bond acceptors (Lipinski definition) is 4. The summed E-state index contributed by atoms with van der Waals surface area (Å²) in [5.41, 5.74) is 1.77. The standard InChI is InChI=1S/C17H17N3S/c1-21-17(20-9-5-6-10-20)11-16(15(12-18)13-19)14-7-3-2-4-8-14/h2-4,7-8,11H,5-6,9-10H2,1H3/b17-11+. The maximum absolute atomic E-state index is 9.23. The number of nitriles is 2. The van der Waals surface area contributed by atoms with Crippen molar-refractivity contribution in [3.63, 3.8) is 0 Å². The number of hydrogen-bond donors (Lipinski definition) is 0. The molecule has 0 N–H and O–H groups in total. The monoisotopic (exact) mass is 295 g/mol. The van der Waals surface area contributed by atoms with Gasteiger partial charge in [0.1, 0.15) is 17.7 Å². The van der Waals surface area contributed by atoms with Crippen LogP contribution in [-0.4, -0.2) is 24.2 Å². The summed E-state index contributed by atoms with van der Waals surface area (Å²) in [6.45, 7) is 2.09. The Kier molecular flexibility index (Phi) is 5.49. The Hall–Kier alpha value is -2.17. The molecule has 1 fully saturated rings. The summed E-state index contributed by atoms with van der Waals surface area (Å²) in [7, 11) is 0. The summed E-state index contributed by atoms with van der Waals surface area (Å²) < 4.78 is 0. The number of thioether (sulfide) groups is 1. The van der Waals surface area contributed by atoms with Gasteiger partial charge in [-0.3, -0.25) is 0 Å². The van der Waals surface area contributed by atoms with Crippen molar-refractivity contribution in [3.8, 4) is 12.1 Å². The fraction of sp³-hybridized carbons (Fsp3) is 0.294. The zero-order valence-electron chi connectivity index (χ0n) is 12.0. The van der Waals surface area contributed by atoms with Gasteiger partial charge in [-0.1, -0.05) is 30.3 Å². The fourth-order valence-electron chi connectivity index (χ4n) is 2.40. The number of allylic oxidation sites excluding steroid dienone is 3. The molecule has 0 atom stereocenters. The van der Waals surface area contributed by atoms with Crippen LogP contribution in [0.25, 0.3) is 5.57 Å². The highest BCUT2D eigenvalue weighted by Gasteiger charge is 2.16. The Morgan fingerprint density at radius 2 is 1.76 bits per heavy atom. The van der Waals surface area contributed by atoms with Crippen LogP contribution in [0.5, 0.6) is 0 Å². The lowest BCUT2D eigenvalue weighted by Gasteiger charge is -2.20. The quantitative estimate of drug-likeness (QED) is 0.626. The van der Waals surface area contributed by atoms with Gasteiger partial charge in [0, 0.05) is 18.7 Å². The Morgan fingerprint density at radius 3 is 2.29 bits per heavy atom. The molecule has 1 aromatic carbocycles. The summed E-state index contributed by atoms with van der Waals surface area (Å²) in [6, 6.07) is 13.7. The zero-order valence-corrected chi connectivity index (χ0v) is 12.9. The van der Waals surface area contributed by atoms with E-state index in [1.807, 2.05) is 54.8 Å². The molecule has 1 saturated heterocycles. The van der Waals surface area contributed by atoms with Crippen LogP contribution >= 0.6 is 11.8 Å².